The van der Waals surface area contributed by atoms with Gasteiger partial charge in [-0.1, -0.05) is 6.92 Å². The van der Waals surface area contributed by atoms with Crippen molar-refractivity contribution in [3.8, 4) is 0 Å². The van der Waals surface area contributed by atoms with Crippen molar-refractivity contribution < 1.29 is 4.74 Å². The summed E-state index contributed by atoms with van der Waals surface area (Å²) in [6.45, 7) is 8.91. The number of rotatable bonds is 8. The number of aromatic nitrogens is 1. The maximum absolute atomic E-state index is 5.96. The molecule has 1 unspecified atom stereocenters. The Morgan fingerprint density at radius 3 is 2.47 bits per heavy atom. The number of hydrogen-bond acceptors (Lipinski definition) is 4. The first kappa shape index (κ1) is 16.1. The molecule has 0 saturated carbocycles. The predicted octanol–water partition coefficient (Wildman–Crippen LogP) is 2.05. The molecule has 0 saturated heterocycles. The molecule has 0 aliphatic heterocycles. The van der Waals surface area contributed by atoms with Crippen molar-refractivity contribution in [1.82, 2.24) is 9.88 Å². The fourth-order valence-electron chi connectivity index (χ4n) is 2.23. The van der Waals surface area contributed by atoms with Gasteiger partial charge in [0.1, 0.15) is 0 Å². The predicted molar refractivity (Wildman–Crippen MR) is 78.9 cm³/mol. The molecule has 2 N–H and O–H groups in total. The quantitative estimate of drug-likeness (QED) is 0.781. The summed E-state index contributed by atoms with van der Waals surface area (Å²) in [6, 6.07) is 4.43. The van der Waals surface area contributed by atoms with Crippen LogP contribution >= 0.6 is 0 Å². The minimum atomic E-state index is -0.143. The van der Waals surface area contributed by atoms with Gasteiger partial charge in [-0.05, 0) is 44.5 Å². The first-order chi connectivity index (χ1) is 9.02. The number of ether oxygens (including phenoxy) is 1. The molecule has 1 aromatic rings. The van der Waals surface area contributed by atoms with E-state index < -0.39 is 0 Å². The van der Waals surface area contributed by atoms with E-state index in [9.17, 15) is 0 Å². The first-order valence-electron chi connectivity index (χ1n) is 6.90. The maximum Gasteiger partial charge on any atom is 0.0638 e. The van der Waals surface area contributed by atoms with Crippen LogP contribution in [0.5, 0.6) is 0 Å². The summed E-state index contributed by atoms with van der Waals surface area (Å²) in [4.78, 5) is 6.45. The highest BCUT2D eigenvalue weighted by molar-refractivity contribution is 5.09. The Bertz CT molecular complexity index is 354. The molecule has 4 heteroatoms. The van der Waals surface area contributed by atoms with Crippen molar-refractivity contribution in [3.05, 3.63) is 30.1 Å². The molecule has 1 rings (SSSR count). The molecule has 0 aliphatic carbocycles. The number of likely N-dealkylation sites (N-methyl/N-ethyl adjacent to an activating group) is 1. The lowest BCUT2D eigenvalue weighted by atomic mass is 9.97. The van der Waals surface area contributed by atoms with Gasteiger partial charge in [0, 0.05) is 38.6 Å². The van der Waals surface area contributed by atoms with E-state index in [1.165, 1.54) is 5.56 Å². The van der Waals surface area contributed by atoms with Crippen LogP contribution in [-0.2, 0) is 11.3 Å². The molecule has 1 atom stereocenters. The molecule has 0 bridgehead atoms. The van der Waals surface area contributed by atoms with Gasteiger partial charge in [-0.3, -0.25) is 9.88 Å². The zero-order chi connectivity index (χ0) is 14.3. The second-order valence-electron chi connectivity index (χ2n) is 5.48. The van der Waals surface area contributed by atoms with Crippen molar-refractivity contribution in [2.45, 2.75) is 45.4 Å². The Morgan fingerprint density at radius 2 is 2.00 bits per heavy atom. The van der Waals surface area contributed by atoms with Crippen LogP contribution in [0.25, 0.3) is 0 Å². The van der Waals surface area contributed by atoms with Crippen LogP contribution in [0.4, 0.5) is 0 Å². The zero-order valence-electron chi connectivity index (χ0n) is 12.6. The number of hydrogen-bond donors (Lipinski definition) is 1. The van der Waals surface area contributed by atoms with Crippen LogP contribution in [0, 0.1) is 0 Å². The van der Waals surface area contributed by atoms with Crippen molar-refractivity contribution >= 4 is 0 Å². The van der Waals surface area contributed by atoms with Crippen LogP contribution in [0.2, 0.25) is 0 Å². The molecule has 0 aromatic carbocycles. The van der Waals surface area contributed by atoms with Crippen LogP contribution in [0.3, 0.4) is 0 Å². The zero-order valence-corrected chi connectivity index (χ0v) is 12.6. The highest BCUT2D eigenvalue weighted by atomic mass is 16.5. The Kier molecular flexibility index (Phi) is 6.42. The van der Waals surface area contributed by atoms with Crippen LogP contribution in [0.1, 0.15) is 32.8 Å². The van der Waals surface area contributed by atoms with E-state index in [-0.39, 0.29) is 5.60 Å². The molecule has 0 radical (unpaired) electrons. The fourth-order valence-corrected chi connectivity index (χ4v) is 2.23. The van der Waals surface area contributed by atoms with Gasteiger partial charge in [0.05, 0.1) is 5.60 Å². The number of methoxy groups -OCH3 is 1. The maximum atomic E-state index is 5.96. The summed E-state index contributed by atoms with van der Waals surface area (Å²) in [5, 5.41) is 0. The van der Waals surface area contributed by atoms with E-state index >= 15 is 0 Å². The molecule has 1 aromatic heterocycles. The van der Waals surface area contributed by atoms with E-state index in [0.717, 1.165) is 19.5 Å². The SMILES string of the molecule is CCN(Cc1ccncc1)C(CN)CC(C)(C)OC. The molecule has 0 fully saturated rings. The van der Waals surface area contributed by atoms with Gasteiger partial charge in [-0.25, -0.2) is 0 Å². The summed E-state index contributed by atoms with van der Waals surface area (Å²) in [6.07, 6.45) is 4.60. The van der Waals surface area contributed by atoms with Gasteiger partial charge < -0.3 is 10.5 Å². The van der Waals surface area contributed by atoms with Crippen LogP contribution < -0.4 is 5.73 Å². The molecule has 19 heavy (non-hydrogen) atoms. The standard InChI is InChI=1S/C15H27N3O/c1-5-18(12-13-6-8-17-9-7-13)14(11-16)10-15(2,3)19-4/h6-9,14H,5,10-12,16H2,1-4H3. The fraction of sp³-hybridized carbons (Fsp3) is 0.667. The normalized spacial score (nSPS) is 13.8. The van der Waals surface area contributed by atoms with Crippen LogP contribution in [0.15, 0.2) is 24.5 Å². The number of nitrogens with two attached hydrogens (primary N) is 1. The van der Waals surface area contributed by atoms with Crippen molar-refractivity contribution in [2.75, 3.05) is 20.2 Å². The summed E-state index contributed by atoms with van der Waals surface area (Å²) < 4.78 is 5.52. The highest BCUT2D eigenvalue weighted by Crippen LogP contribution is 2.20. The average Bonchev–Trinajstić information content (AvgIpc) is 2.43. The van der Waals surface area contributed by atoms with Crippen molar-refractivity contribution in [3.63, 3.8) is 0 Å². The lowest BCUT2D eigenvalue weighted by molar-refractivity contribution is -0.00816. The average molecular weight is 265 g/mol. The lowest BCUT2D eigenvalue weighted by Gasteiger charge is -2.35. The van der Waals surface area contributed by atoms with Crippen LogP contribution in [-0.4, -0.2) is 41.7 Å². The molecule has 0 spiro atoms. The largest absolute Gasteiger partial charge is 0.379 e. The van der Waals surface area contributed by atoms with Gasteiger partial charge in [0.25, 0.3) is 0 Å². The number of nitrogens with zero attached hydrogens (tertiary/aromatic N) is 2. The Labute approximate surface area is 117 Å². The van der Waals surface area contributed by atoms with E-state index in [1.54, 1.807) is 7.11 Å². The summed E-state index contributed by atoms with van der Waals surface area (Å²) in [7, 11) is 1.76. The van der Waals surface area contributed by atoms with Crippen molar-refractivity contribution in [2.24, 2.45) is 5.73 Å². The van der Waals surface area contributed by atoms with E-state index in [1.807, 2.05) is 12.4 Å². The second-order valence-corrected chi connectivity index (χ2v) is 5.48. The van der Waals surface area contributed by atoms with E-state index in [4.69, 9.17) is 10.5 Å². The first-order valence-corrected chi connectivity index (χ1v) is 6.90. The third kappa shape index (κ3) is 5.27. The van der Waals surface area contributed by atoms with Gasteiger partial charge in [-0.15, -0.1) is 0 Å². The summed E-state index contributed by atoms with van der Waals surface area (Å²) in [5.74, 6) is 0. The van der Waals surface area contributed by atoms with Gasteiger partial charge >= 0.3 is 0 Å². The smallest absolute Gasteiger partial charge is 0.0638 e. The van der Waals surface area contributed by atoms with Gasteiger partial charge in [0.15, 0.2) is 0 Å². The molecule has 0 aliphatic rings. The third-order valence-electron chi connectivity index (χ3n) is 3.61. The van der Waals surface area contributed by atoms with Gasteiger partial charge in [0.2, 0.25) is 0 Å². The Balaban J connectivity index is 2.70. The Morgan fingerprint density at radius 1 is 1.37 bits per heavy atom. The molecule has 0 amide bonds. The molecule has 1 heterocycles. The minimum absolute atomic E-state index is 0.143. The molecular formula is C15H27N3O. The molecule has 108 valence electrons. The molecular weight excluding hydrogens is 238 g/mol. The minimum Gasteiger partial charge on any atom is -0.379 e. The number of pyridine rings is 1. The monoisotopic (exact) mass is 265 g/mol. The van der Waals surface area contributed by atoms with Gasteiger partial charge in [-0.2, -0.15) is 0 Å². The highest BCUT2D eigenvalue weighted by Gasteiger charge is 2.25. The van der Waals surface area contributed by atoms with Crippen molar-refractivity contribution in [1.29, 1.82) is 0 Å². The Hall–Kier alpha value is -0.970. The van der Waals surface area contributed by atoms with E-state index in [2.05, 4.69) is 42.8 Å². The molecule has 4 nitrogen and oxygen atoms in total. The lowest BCUT2D eigenvalue weighted by Crippen LogP contribution is -2.44. The van der Waals surface area contributed by atoms with E-state index in [0.29, 0.717) is 12.6 Å². The summed E-state index contributed by atoms with van der Waals surface area (Å²) in [5.41, 5.74) is 7.08. The summed E-state index contributed by atoms with van der Waals surface area (Å²) >= 11 is 0. The third-order valence-corrected chi connectivity index (χ3v) is 3.61. The topological polar surface area (TPSA) is 51.4 Å². The second kappa shape index (κ2) is 7.58.